The molecule has 1 aromatic carbocycles. The minimum atomic E-state index is -0.373. The average Bonchev–Trinajstić information content (AvgIpc) is 2.25. The van der Waals surface area contributed by atoms with Crippen LogP contribution in [-0.4, -0.2) is 35.2 Å². The molecule has 1 aliphatic rings. The van der Waals surface area contributed by atoms with Crippen LogP contribution in [0.3, 0.4) is 0 Å². The fourth-order valence-corrected chi connectivity index (χ4v) is 2.00. The van der Waals surface area contributed by atoms with Crippen LogP contribution in [0.25, 0.3) is 0 Å². The van der Waals surface area contributed by atoms with E-state index in [4.69, 9.17) is 5.73 Å². The molecule has 1 fully saturated rings. The first-order valence-corrected chi connectivity index (χ1v) is 5.45. The van der Waals surface area contributed by atoms with Gasteiger partial charge in [-0.05, 0) is 12.0 Å². The molecule has 0 spiro atoms. The van der Waals surface area contributed by atoms with Gasteiger partial charge in [0, 0.05) is 25.7 Å². The van der Waals surface area contributed by atoms with Crippen molar-refractivity contribution < 1.29 is 5.11 Å². The molecule has 1 aliphatic heterocycles. The molecule has 3 N–H and O–H groups in total. The molecular formula is C12H18N2O. The third kappa shape index (κ3) is 2.78. The zero-order valence-corrected chi connectivity index (χ0v) is 8.84. The van der Waals surface area contributed by atoms with Crippen molar-refractivity contribution in [2.24, 2.45) is 5.73 Å². The number of nitrogens with zero attached hydrogens (tertiary/aromatic N) is 1. The number of benzene rings is 1. The molecule has 0 aromatic heterocycles. The second-order valence-corrected chi connectivity index (χ2v) is 4.24. The monoisotopic (exact) mass is 206 g/mol. The Labute approximate surface area is 90.5 Å². The number of nitrogens with two attached hydrogens (primary N) is 1. The molecular weight excluding hydrogens is 188 g/mol. The zero-order chi connectivity index (χ0) is 10.7. The molecule has 3 heteroatoms. The predicted molar refractivity (Wildman–Crippen MR) is 60.3 cm³/mol. The molecule has 82 valence electrons. The highest BCUT2D eigenvalue weighted by atomic mass is 16.3. The highest BCUT2D eigenvalue weighted by Gasteiger charge is 2.24. The highest BCUT2D eigenvalue weighted by molar-refractivity contribution is 5.14. The molecule has 1 saturated heterocycles. The van der Waals surface area contributed by atoms with Gasteiger partial charge in [-0.3, -0.25) is 4.90 Å². The molecule has 0 saturated carbocycles. The molecule has 0 aliphatic carbocycles. The summed E-state index contributed by atoms with van der Waals surface area (Å²) in [6.45, 7) is 2.58. The van der Waals surface area contributed by atoms with Crippen molar-refractivity contribution in [2.45, 2.75) is 25.1 Å². The number of piperidine rings is 1. The Morgan fingerprint density at radius 3 is 2.73 bits per heavy atom. The van der Waals surface area contributed by atoms with Gasteiger partial charge in [0.1, 0.15) is 0 Å². The van der Waals surface area contributed by atoms with Crippen LogP contribution >= 0.6 is 0 Å². The summed E-state index contributed by atoms with van der Waals surface area (Å²) in [5, 5.41) is 9.66. The second kappa shape index (κ2) is 4.75. The van der Waals surface area contributed by atoms with Gasteiger partial charge in [0.2, 0.25) is 0 Å². The third-order valence-corrected chi connectivity index (χ3v) is 2.97. The van der Waals surface area contributed by atoms with E-state index in [1.54, 1.807) is 0 Å². The quantitative estimate of drug-likeness (QED) is 0.744. The predicted octanol–water partition coefficient (Wildman–Crippen LogP) is 0.580. The molecule has 2 atom stereocenters. The lowest BCUT2D eigenvalue weighted by Gasteiger charge is -2.34. The number of hydrogen-bond donors (Lipinski definition) is 2. The first-order chi connectivity index (χ1) is 7.25. The molecule has 3 nitrogen and oxygen atoms in total. The maximum Gasteiger partial charge on any atom is 0.0818 e. The van der Waals surface area contributed by atoms with Gasteiger partial charge in [-0.15, -0.1) is 0 Å². The molecule has 1 heterocycles. The summed E-state index contributed by atoms with van der Waals surface area (Å²) in [6.07, 6.45) is 0.510. The van der Waals surface area contributed by atoms with Gasteiger partial charge in [-0.2, -0.15) is 0 Å². The first kappa shape index (κ1) is 10.6. The minimum Gasteiger partial charge on any atom is -0.390 e. The summed E-state index contributed by atoms with van der Waals surface area (Å²) in [6, 6.07) is 10.3. The smallest absolute Gasteiger partial charge is 0.0818 e. The van der Waals surface area contributed by atoms with Gasteiger partial charge < -0.3 is 10.8 Å². The summed E-state index contributed by atoms with van der Waals surface area (Å²) >= 11 is 0. The van der Waals surface area contributed by atoms with Crippen LogP contribution in [-0.2, 0) is 6.54 Å². The lowest BCUT2D eigenvalue weighted by molar-refractivity contribution is 0.0499. The van der Waals surface area contributed by atoms with Crippen LogP contribution in [0.5, 0.6) is 0 Å². The Bertz CT molecular complexity index is 302. The van der Waals surface area contributed by atoms with E-state index in [1.165, 1.54) is 5.56 Å². The maximum absolute atomic E-state index is 9.66. The van der Waals surface area contributed by atoms with Gasteiger partial charge in [0.15, 0.2) is 0 Å². The minimum absolute atomic E-state index is 0.0444. The standard InChI is InChI=1S/C12H18N2O/c13-11-6-7-14(9-12(11)15)8-10-4-2-1-3-5-10/h1-5,11-12,15H,6-9,13H2/t11-,12-/m0/s1. The second-order valence-electron chi connectivity index (χ2n) is 4.24. The van der Waals surface area contributed by atoms with Gasteiger partial charge in [-0.25, -0.2) is 0 Å². The number of likely N-dealkylation sites (tertiary alicyclic amines) is 1. The van der Waals surface area contributed by atoms with Gasteiger partial charge in [0.05, 0.1) is 6.10 Å². The van der Waals surface area contributed by atoms with Crippen LogP contribution in [0.1, 0.15) is 12.0 Å². The van der Waals surface area contributed by atoms with Crippen molar-refractivity contribution >= 4 is 0 Å². The van der Waals surface area contributed by atoms with Gasteiger partial charge in [0.25, 0.3) is 0 Å². The number of aliphatic hydroxyl groups is 1. The zero-order valence-electron chi connectivity index (χ0n) is 8.84. The lowest BCUT2D eigenvalue weighted by Crippen LogP contribution is -2.50. The van der Waals surface area contributed by atoms with E-state index in [9.17, 15) is 5.11 Å². The molecule has 0 bridgehead atoms. The van der Waals surface area contributed by atoms with E-state index in [2.05, 4.69) is 17.0 Å². The summed E-state index contributed by atoms with van der Waals surface area (Å²) in [5.41, 5.74) is 7.05. The number of hydrogen-bond acceptors (Lipinski definition) is 3. The Morgan fingerprint density at radius 1 is 1.33 bits per heavy atom. The Morgan fingerprint density at radius 2 is 2.07 bits per heavy atom. The van der Waals surface area contributed by atoms with Crippen molar-refractivity contribution in [3.63, 3.8) is 0 Å². The van der Waals surface area contributed by atoms with Crippen molar-refractivity contribution in [1.82, 2.24) is 4.90 Å². The Kier molecular flexibility index (Phi) is 3.36. The van der Waals surface area contributed by atoms with Crippen LogP contribution < -0.4 is 5.73 Å². The Balaban J connectivity index is 1.91. The molecule has 2 rings (SSSR count). The van der Waals surface area contributed by atoms with E-state index in [-0.39, 0.29) is 12.1 Å². The van der Waals surface area contributed by atoms with Gasteiger partial charge in [-0.1, -0.05) is 30.3 Å². The fourth-order valence-electron chi connectivity index (χ4n) is 2.00. The largest absolute Gasteiger partial charge is 0.390 e. The van der Waals surface area contributed by atoms with E-state index >= 15 is 0 Å². The molecule has 0 radical (unpaired) electrons. The first-order valence-electron chi connectivity index (χ1n) is 5.45. The topological polar surface area (TPSA) is 49.5 Å². The highest BCUT2D eigenvalue weighted by Crippen LogP contribution is 2.12. The normalized spacial score (nSPS) is 27.9. The summed E-state index contributed by atoms with van der Waals surface area (Å²) in [5.74, 6) is 0. The van der Waals surface area contributed by atoms with Crippen molar-refractivity contribution in [3.05, 3.63) is 35.9 Å². The van der Waals surface area contributed by atoms with Crippen LogP contribution in [0.15, 0.2) is 30.3 Å². The summed E-state index contributed by atoms with van der Waals surface area (Å²) in [4.78, 5) is 2.25. The number of β-amino-alcohol motifs (C(OH)–C–C–N with tert-alkyl or cyclic N) is 1. The Hall–Kier alpha value is -0.900. The summed E-state index contributed by atoms with van der Waals surface area (Å²) < 4.78 is 0. The van der Waals surface area contributed by atoms with E-state index in [1.807, 2.05) is 18.2 Å². The lowest BCUT2D eigenvalue weighted by atomic mass is 10.0. The number of rotatable bonds is 2. The van der Waals surface area contributed by atoms with Crippen molar-refractivity contribution in [2.75, 3.05) is 13.1 Å². The SMILES string of the molecule is N[C@H]1CCN(Cc2ccccc2)C[C@@H]1O. The van der Waals surface area contributed by atoms with Crippen LogP contribution in [0.4, 0.5) is 0 Å². The van der Waals surface area contributed by atoms with E-state index in [0.717, 1.165) is 19.5 Å². The summed E-state index contributed by atoms with van der Waals surface area (Å²) in [7, 11) is 0. The van der Waals surface area contributed by atoms with Gasteiger partial charge >= 0.3 is 0 Å². The van der Waals surface area contributed by atoms with E-state index < -0.39 is 0 Å². The van der Waals surface area contributed by atoms with Crippen LogP contribution in [0.2, 0.25) is 0 Å². The van der Waals surface area contributed by atoms with Crippen molar-refractivity contribution in [3.8, 4) is 0 Å². The number of aliphatic hydroxyl groups excluding tert-OH is 1. The fraction of sp³-hybridized carbons (Fsp3) is 0.500. The molecule has 0 amide bonds. The van der Waals surface area contributed by atoms with Crippen LogP contribution in [0, 0.1) is 0 Å². The third-order valence-electron chi connectivity index (χ3n) is 2.97. The average molecular weight is 206 g/mol. The molecule has 15 heavy (non-hydrogen) atoms. The molecule has 0 unspecified atom stereocenters. The maximum atomic E-state index is 9.66. The molecule has 1 aromatic rings. The van der Waals surface area contributed by atoms with E-state index in [0.29, 0.717) is 6.54 Å². The van der Waals surface area contributed by atoms with Crippen molar-refractivity contribution in [1.29, 1.82) is 0 Å².